The first-order valence-corrected chi connectivity index (χ1v) is 8.91. The molecular formula is C17H27N4O3S+. The van der Waals surface area contributed by atoms with Crippen LogP contribution < -0.4 is 25.6 Å². The van der Waals surface area contributed by atoms with E-state index in [1.807, 2.05) is 0 Å². The van der Waals surface area contributed by atoms with Gasteiger partial charge in [-0.2, -0.15) is 0 Å². The van der Waals surface area contributed by atoms with E-state index in [9.17, 15) is 4.79 Å². The van der Waals surface area contributed by atoms with Crippen molar-refractivity contribution < 1.29 is 19.2 Å². The maximum absolute atomic E-state index is 11.2. The quantitative estimate of drug-likeness (QED) is 0.409. The number of quaternary nitrogens is 1. The fourth-order valence-electron chi connectivity index (χ4n) is 2.70. The third-order valence-corrected chi connectivity index (χ3v) is 4.21. The fraction of sp³-hybridized carbons (Fsp3) is 0.529. The van der Waals surface area contributed by atoms with Crippen molar-refractivity contribution in [1.82, 2.24) is 5.32 Å². The highest BCUT2D eigenvalue weighted by atomic mass is 32.1. The summed E-state index contributed by atoms with van der Waals surface area (Å²) in [5.74, 6) is 0.540. The van der Waals surface area contributed by atoms with Gasteiger partial charge in [-0.3, -0.25) is 4.79 Å². The van der Waals surface area contributed by atoms with E-state index >= 15 is 0 Å². The second-order valence-corrected chi connectivity index (χ2v) is 6.35. The predicted molar refractivity (Wildman–Crippen MR) is 103 cm³/mol. The normalized spacial score (nSPS) is 14.6. The molecule has 0 aliphatic carbocycles. The number of morpholine rings is 1. The molecule has 1 aromatic carbocycles. The average Bonchev–Trinajstić information content (AvgIpc) is 2.59. The number of hydrogen-bond donors (Lipinski definition) is 4. The lowest BCUT2D eigenvalue weighted by atomic mass is 10.2. The van der Waals surface area contributed by atoms with Crippen LogP contribution >= 0.6 is 12.2 Å². The molecule has 1 amide bonds. The van der Waals surface area contributed by atoms with E-state index < -0.39 is 0 Å². The number of benzene rings is 1. The van der Waals surface area contributed by atoms with E-state index in [2.05, 4.69) is 16.0 Å². The lowest BCUT2D eigenvalue weighted by molar-refractivity contribution is -0.908. The summed E-state index contributed by atoms with van der Waals surface area (Å²) < 4.78 is 10.7. The number of carbonyl (C=O) groups excluding carboxylic acids is 1. The molecule has 1 aliphatic heterocycles. The average molecular weight is 367 g/mol. The zero-order chi connectivity index (χ0) is 18.1. The van der Waals surface area contributed by atoms with Gasteiger partial charge in [0.15, 0.2) is 5.11 Å². The van der Waals surface area contributed by atoms with Crippen LogP contribution in [0.2, 0.25) is 0 Å². The van der Waals surface area contributed by atoms with Crippen molar-refractivity contribution in [2.75, 3.05) is 57.1 Å². The molecule has 1 fully saturated rings. The Balaban J connectivity index is 1.79. The van der Waals surface area contributed by atoms with Gasteiger partial charge in [0.25, 0.3) is 0 Å². The number of carbonyl (C=O) groups is 1. The molecule has 0 aromatic heterocycles. The number of ether oxygens (including phenoxy) is 2. The van der Waals surface area contributed by atoms with Crippen LogP contribution in [-0.4, -0.2) is 57.5 Å². The lowest BCUT2D eigenvalue weighted by Gasteiger charge is -2.23. The van der Waals surface area contributed by atoms with Gasteiger partial charge in [0, 0.05) is 25.6 Å². The molecular weight excluding hydrogens is 340 g/mol. The van der Waals surface area contributed by atoms with Gasteiger partial charge in [-0.25, -0.2) is 0 Å². The first-order valence-electron chi connectivity index (χ1n) is 8.50. The van der Waals surface area contributed by atoms with Crippen molar-refractivity contribution in [1.29, 1.82) is 0 Å². The highest BCUT2D eigenvalue weighted by Crippen LogP contribution is 2.27. The second-order valence-electron chi connectivity index (χ2n) is 5.94. The van der Waals surface area contributed by atoms with Gasteiger partial charge < -0.3 is 30.3 Å². The van der Waals surface area contributed by atoms with Crippen LogP contribution in [0.3, 0.4) is 0 Å². The van der Waals surface area contributed by atoms with E-state index in [1.54, 1.807) is 30.2 Å². The van der Waals surface area contributed by atoms with Gasteiger partial charge >= 0.3 is 0 Å². The number of hydrogen-bond acceptors (Lipinski definition) is 4. The van der Waals surface area contributed by atoms with Crippen molar-refractivity contribution >= 4 is 34.6 Å². The Morgan fingerprint density at radius 3 is 2.76 bits per heavy atom. The maximum Gasteiger partial charge on any atom is 0.221 e. The summed E-state index contributed by atoms with van der Waals surface area (Å²) in [5, 5.41) is 9.63. The molecule has 1 heterocycles. The van der Waals surface area contributed by atoms with E-state index in [4.69, 9.17) is 21.7 Å². The summed E-state index contributed by atoms with van der Waals surface area (Å²) in [6, 6.07) is 5.37. The van der Waals surface area contributed by atoms with Crippen LogP contribution in [-0.2, 0) is 9.53 Å². The Hall–Kier alpha value is -1.90. The van der Waals surface area contributed by atoms with Crippen molar-refractivity contribution in [3.05, 3.63) is 18.2 Å². The number of nitrogens with one attached hydrogen (secondary N) is 4. The summed E-state index contributed by atoms with van der Waals surface area (Å²) in [4.78, 5) is 12.8. The Morgan fingerprint density at radius 2 is 2.08 bits per heavy atom. The molecule has 25 heavy (non-hydrogen) atoms. The standard InChI is InChI=1S/C17H26N4O3S/c1-13(22)19-14-4-5-16(23-2)15(12-14)20-17(25)18-6-3-7-21-8-10-24-11-9-21/h4-5,12H,3,6-11H2,1-2H3,(H,19,22)(H2,18,20,25)/p+1. The molecule has 1 aliphatic rings. The predicted octanol–water partition coefficient (Wildman–Crippen LogP) is 0.245. The number of amides is 1. The number of anilines is 2. The summed E-state index contributed by atoms with van der Waals surface area (Å²) >= 11 is 5.35. The largest absolute Gasteiger partial charge is 0.495 e. The van der Waals surface area contributed by atoms with Crippen LogP contribution in [0.15, 0.2) is 18.2 Å². The van der Waals surface area contributed by atoms with Crippen molar-refractivity contribution in [2.24, 2.45) is 0 Å². The number of rotatable bonds is 7. The molecule has 0 unspecified atom stereocenters. The van der Waals surface area contributed by atoms with Crippen LogP contribution in [0.5, 0.6) is 5.75 Å². The molecule has 138 valence electrons. The molecule has 0 radical (unpaired) electrons. The minimum atomic E-state index is -0.123. The minimum Gasteiger partial charge on any atom is -0.495 e. The topological polar surface area (TPSA) is 76.1 Å². The van der Waals surface area contributed by atoms with Gasteiger partial charge in [0.05, 0.1) is 32.6 Å². The van der Waals surface area contributed by atoms with Crippen molar-refractivity contribution in [3.8, 4) is 5.75 Å². The van der Waals surface area contributed by atoms with E-state index in [0.717, 1.165) is 45.8 Å². The Labute approximate surface area is 154 Å². The van der Waals surface area contributed by atoms with E-state index in [0.29, 0.717) is 22.2 Å². The molecule has 4 N–H and O–H groups in total. The molecule has 1 aromatic rings. The summed E-state index contributed by atoms with van der Waals surface area (Å²) in [5.41, 5.74) is 1.40. The molecule has 0 bridgehead atoms. The smallest absolute Gasteiger partial charge is 0.221 e. The first-order chi connectivity index (χ1) is 12.1. The molecule has 1 saturated heterocycles. The zero-order valence-electron chi connectivity index (χ0n) is 14.8. The Kier molecular flexibility index (Phi) is 7.90. The highest BCUT2D eigenvalue weighted by Gasteiger charge is 2.13. The highest BCUT2D eigenvalue weighted by molar-refractivity contribution is 7.80. The zero-order valence-corrected chi connectivity index (χ0v) is 15.6. The summed E-state index contributed by atoms with van der Waals surface area (Å²) in [6.45, 7) is 7.26. The van der Waals surface area contributed by atoms with Crippen LogP contribution in [0.25, 0.3) is 0 Å². The minimum absolute atomic E-state index is 0.123. The number of thiocarbonyl (C=S) groups is 1. The molecule has 2 rings (SSSR count). The van der Waals surface area contributed by atoms with Crippen LogP contribution in [0, 0.1) is 0 Å². The maximum atomic E-state index is 11.2. The van der Waals surface area contributed by atoms with Gasteiger partial charge in [0.2, 0.25) is 5.91 Å². The molecule has 0 spiro atoms. The first kappa shape index (κ1) is 19.4. The molecule has 7 nitrogen and oxygen atoms in total. The number of methoxy groups -OCH3 is 1. The molecule has 0 saturated carbocycles. The van der Waals surface area contributed by atoms with Crippen LogP contribution in [0.4, 0.5) is 11.4 Å². The van der Waals surface area contributed by atoms with Crippen molar-refractivity contribution in [2.45, 2.75) is 13.3 Å². The SMILES string of the molecule is COc1ccc(NC(C)=O)cc1NC(=S)NCCC[NH+]1CCOCC1. The van der Waals surface area contributed by atoms with Gasteiger partial charge in [0.1, 0.15) is 18.8 Å². The van der Waals surface area contributed by atoms with Gasteiger partial charge in [-0.05, 0) is 30.4 Å². The van der Waals surface area contributed by atoms with E-state index in [1.165, 1.54) is 6.92 Å². The Morgan fingerprint density at radius 1 is 1.32 bits per heavy atom. The molecule has 0 atom stereocenters. The van der Waals surface area contributed by atoms with Crippen molar-refractivity contribution in [3.63, 3.8) is 0 Å². The van der Waals surface area contributed by atoms with E-state index in [-0.39, 0.29) is 5.91 Å². The lowest BCUT2D eigenvalue weighted by Crippen LogP contribution is -3.14. The molecule has 8 heteroatoms. The summed E-state index contributed by atoms with van der Waals surface area (Å²) in [6.07, 6.45) is 1.04. The third-order valence-electron chi connectivity index (χ3n) is 3.96. The second kappa shape index (κ2) is 10.2. The van der Waals surface area contributed by atoms with Crippen LogP contribution in [0.1, 0.15) is 13.3 Å². The fourth-order valence-corrected chi connectivity index (χ4v) is 2.92. The van der Waals surface area contributed by atoms with Gasteiger partial charge in [-0.15, -0.1) is 0 Å². The summed E-state index contributed by atoms with van der Waals surface area (Å²) in [7, 11) is 1.60. The Bertz CT molecular complexity index is 591. The monoisotopic (exact) mass is 367 g/mol. The van der Waals surface area contributed by atoms with Gasteiger partial charge in [-0.1, -0.05) is 0 Å². The third kappa shape index (κ3) is 6.85.